The first kappa shape index (κ1) is 22.1. The van der Waals surface area contributed by atoms with Gasteiger partial charge in [0.15, 0.2) is 0 Å². The first-order valence-corrected chi connectivity index (χ1v) is 10.2. The van der Waals surface area contributed by atoms with E-state index in [2.05, 4.69) is 24.0 Å². The molecule has 0 saturated heterocycles. The van der Waals surface area contributed by atoms with Gasteiger partial charge in [-0.1, -0.05) is 55.4 Å². The summed E-state index contributed by atoms with van der Waals surface area (Å²) in [4.78, 5) is 29.1. The highest BCUT2D eigenvalue weighted by Crippen LogP contribution is 2.24. The van der Waals surface area contributed by atoms with Crippen LogP contribution in [0.5, 0.6) is 0 Å². The number of hydrogen-bond donors (Lipinski definition) is 0. The summed E-state index contributed by atoms with van der Waals surface area (Å²) in [7, 11) is 1.68. The van der Waals surface area contributed by atoms with Crippen molar-refractivity contribution in [3.8, 4) is 11.4 Å². The van der Waals surface area contributed by atoms with Gasteiger partial charge in [0.05, 0.1) is 11.0 Å². The van der Waals surface area contributed by atoms with Crippen molar-refractivity contribution in [3.63, 3.8) is 0 Å². The Bertz CT molecular complexity index is 1060. The Morgan fingerprint density at radius 2 is 1.84 bits per heavy atom. The molecule has 3 aromatic rings. The maximum Gasteiger partial charge on any atom is 0.269 e. The fourth-order valence-electron chi connectivity index (χ4n) is 3.22. The van der Waals surface area contributed by atoms with Crippen LogP contribution in [0, 0.1) is 10.1 Å². The number of hydrogen-bond acceptors (Lipinski definition) is 6. The number of carbonyl (C=O) groups is 1. The van der Waals surface area contributed by atoms with Gasteiger partial charge in [-0.3, -0.25) is 14.9 Å². The average Bonchev–Trinajstić information content (AvgIpc) is 3.25. The van der Waals surface area contributed by atoms with E-state index < -0.39 is 4.92 Å². The minimum atomic E-state index is -0.443. The van der Waals surface area contributed by atoms with Crippen molar-refractivity contribution < 1.29 is 14.2 Å². The Balaban J connectivity index is 1.60. The van der Waals surface area contributed by atoms with Crippen molar-refractivity contribution in [3.05, 3.63) is 75.7 Å². The molecule has 0 N–H and O–H groups in total. The minimum absolute atomic E-state index is 0.00464. The number of aromatic nitrogens is 2. The van der Waals surface area contributed by atoms with E-state index in [1.165, 1.54) is 17.7 Å². The van der Waals surface area contributed by atoms with Gasteiger partial charge < -0.3 is 9.42 Å². The molecule has 0 aliphatic heterocycles. The van der Waals surface area contributed by atoms with Crippen LogP contribution in [0.1, 0.15) is 56.2 Å². The summed E-state index contributed by atoms with van der Waals surface area (Å²) in [5.74, 6) is 1.23. The van der Waals surface area contributed by atoms with Crippen molar-refractivity contribution in [1.82, 2.24) is 15.0 Å². The molecule has 162 valence electrons. The number of nitro groups is 1. The molecule has 0 aliphatic rings. The van der Waals surface area contributed by atoms with E-state index in [1.54, 1.807) is 24.1 Å². The fraction of sp³-hybridized carbons (Fsp3) is 0.348. The smallest absolute Gasteiger partial charge is 0.269 e. The van der Waals surface area contributed by atoms with E-state index in [1.807, 2.05) is 31.2 Å². The van der Waals surface area contributed by atoms with Gasteiger partial charge >= 0.3 is 0 Å². The van der Waals surface area contributed by atoms with Crippen LogP contribution in [0.2, 0.25) is 0 Å². The molecule has 1 heterocycles. The Morgan fingerprint density at radius 3 is 2.48 bits per heavy atom. The highest BCUT2D eigenvalue weighted by Gasteiger charge is 2.20. The largest absolute Gasteiger partial charge is 0.339 e. The van der Waals surface area contributed by atoms with Gasteiger partial charge in [0.1, 0.15) is 0 Å². The highest BCUT2D eigenvalue weighted by atomic mass is 16.6. The summed E-state index contributed by atoms with van der Waals surface area (Å²) in [5, 5.41) is 15.0. The van der Waals surface area contributed by atoms with Crippen LogP contribution in [-0.2, 0) is 11.2 Å². The van der Waals surface area contributed by atoms with Gasteiger partial charge in [-0.2, -0.15) is 4.98 Å². The average molecular weight is 422 g/mol. The van der Waals surface area contributed by atoms with Gasteiger partial charge in [0.2, 0.25) is 17.6 Å². The summed E-state index contributed by atoms with van der Waals surface area (Å²) >= 11 is 0. The van der Waals surface area contributed by atoms with Crippen LogP contribution in [0.15, 0.2) is 53.1 Å². The molecule has 2 aromatic carbocycles. The summed E-state index contributed by atoms with van der Waals surface area (Å²) < 4.78 is 5.31. The van der Waals surface area contributed by atoms with Gasteiger partial charge in [-0.25, -0.2) is 0 Å². The van der Waals surface area contributed by atoms with Crippen LogP contribution < -0.4 is 0 Å². The highest BCUT2D eigenvalue weighted by molar-refractivity contribution is 5.76. The zero-order valence-corrected chi connectivity index (χ0v) is 18.1. The van der Waals surface area contributed by atoms with Gasteiger partial charge in [0, 0.05) is 37.6 Å². The first-order valence-electron chi connectivity index (χ1n) is 10.2. The molecule has 3 rings (SSSR count). The molecule has 0 radical (unpaired) electrons. The third kappa shape index (κ3) is 5.33. The summed E-state index contributed by atoms with van der Waals surface area (Å²) in [5.41, 5.74) is 2.81. The van der Waals surface area contributed by atoms with E-state index >= 15 is 0 Å². The summed E-state index contributed by atoms with van der Waals surface area (Å²) in [6.07, 6.45) is 0.519. The standard InChI is InChI=1S/C23H26N4O4/c1-15(2)17-8-10-18(11-9-17)23-24-21(31-25-23)12-13-22(28)26(4)16(3)19-6-5-7-20(14-19)27(29)30/h5-11,14-16H,12-13H2,1-4H3/t16-/m0/s1. The molecule has 0 aliphatic carbocycles. The normalized spacial score (nSPS) is 12.0. The minimum Gasteiger partial charge on any atom is -0.339 e. The van der Waals surface area contributed by atoms with Gasteiger partial charge in [-0.05, 0) is 24.0 Å². The SMILES string of the molecule is CC(C)c1ccc(-c2noc(CCC(=O)N(C)[C@@H](C)c3cccc([N+](=O)[O-])c3)n2)cc1. The van der Waals surface area contributed by atoms with E-state index in [9.17, 15) is 14.9 Å². The Morgan fingerprint density at radius 1 is 1.13 bits per heavy atom. The number of nitrogens with zero attached hydrogens (tertiary/aromatic N) is 4. The number of nitro benzene ring substituents is 1. The van der Waals surface area contributed by atoms with E-state index in [4.69, 9.17) is 4.52 Å². The molecule has 0 spiro atoms. The number of rotatable bonds is 8. The van der Waals surface area contributed by atoms with Crippen molar-refractivity contribution in [1.29, 1.82) is 0 Å². The molecule has 1 amide bonds. The lowest BCUT2D eigenvalue weighted by atomic mass is 10.0. The number of aryl methyl sites for hydroxylation is 1. The Hall–Kier alpha value is -3.55. The molecule has 8 nitrogen and oxygen atoms in total. The number of amides is 1. The van der Waals surface area contributed by atoms with E-state index in [0.29, 0.717) is 29.6 Å². The lowest BCUT2D eigenvalue weighted by Crippen LogP contribution is -2.29. The zero-order chi connectivity index (χ0) is 22.5. The maximum atomic E-state index is 12.6. The monoisotopic (exact) mass is 422 g/mol. The molecule has 0 unspecified atom stereocenters. The molecular formula is C23H26N4O4. The third-order valence-electron chi connectivity index (χ3n) is 5.39. The van der Waals surface area contributed by atoms with Gasteiger partial charge in [0.25, 0.3) is 5.69 Å². The molecule has 0 fully saturated rings. The van der Waals surface area contributed by atoms with Crippen LogP contribution in [-0.4, -0.2) is 32.9 Å². The van der Waals surface area contributed by atoms with Gasteiger partial charge in [-0.15, -0.1) is 0 Å². The van der Waals surface area contributed by atoms with Crippen LogP contribution >= 0.6 is 0 Å². The van der Waals surface area contributed by atoms with Crippen molar-refractivity contribution >= 4 is 11.6 Å². The topological polar surface area (TPSA) is 102 Å². The van der Waals surface area contributed by atoms with Crippen molar-refractivity contribution in [2.24, 2.45) is 0 Å². The fourth-order valence-corrected chi connectivity index (χ4v) is 3.22. The predicted molar refractivity (Wildman–Crippen MR) is 116 cm³/mol. The summed E-state index contributed by atoms with van der Waals surface area (Å²) in [6.45, 7) is 6.10. The van der Waals surface area contributed by atoms with E-state index in [-0.39, 0.29) is 24.1 Å². The summed E-state index contributed by atoms with van der Waals surface area (Å²) in [6, 6.07) is 14.0. The predicted octanol–water partition coefficient (Wildman–Crippen LogP) is 4.92. The molecular weight excluding hydrogens is 396 g/mol. The Labute approximate surface area is 181 Å². The van der Waals surface area contributed by atoms with Crippen LogP contribution in [0.25, 0.3) is 11.4 Å². The lowest BCUT2D eigenvalue weighted by molar-refractivity contribution is -0.384. The van der Waals surface area contributed by atoms with Crippen molar-refractivity contribution in [2.75, 3.05) is 7.05 Å². The Kier molecular flexibility index (Phi) is 6.79. The lowest BCUT2D eigenvalue weighted by Gasteiger charge is -2.25. The molecule has 0 saturated carbocycles. The number of benzene rings is 2. The quantitative estimate of drug-likeness (QED) is 0.377. The first-order chi connectivity index (χ1) is 14.8. The molecule has 31 heavy (non-hydrogen) atoms. The third-order valence-corrected chi connectivity index (χ3v) is 5.39. The zero-order valence-electron chi connectivity index (χ0n) is 18.1. The van der Waals surface area contributed by atoms with Crippen LogP contribution in [0.3, 0.4) is 0 Å². The maximum absolute atomic E-state index is 12.6. The second-order valence-corrected chi connectivity index (χ2v) is 7.82. The number of non-ortho nitro benzene ring substituents is 1. The van der Waals surface area contributed by atoms with Crippen LogP contribution in [0.4, 0.5) is 5.69 Å². The second-order valence-electron chi connectivity index (χ2n) is 7.82. The van der Waals surface area contributed by atoms with Crippen molar-refractivity contribution in [2.45, 2.75) is 45.6 Å². The molecule has 1 atom stereocenters. The molecule has 0 bridgehead atoms. The molecule has 1 aromatic heterocycles. The second kappa shape index (κ2) is 9.51. The molecule has 8 heteroatoms. The number of carbonyl (C=O) groups excluding carboxylic acids is 1. The van der Waals surface area contributed by atoms with E-state index in [0.717, 1.165) is 5.56 Å².